The Labute approximate surface area is 130 Å². The maximum absolute atomic E-state index is 6.25. The minimum atomic E-state index is 0.466. The third-order valence-electron chi connectivity index (χ3n) is 2.88. The van der Waals surface area contributed by atoms with E-state index < -0.39 is 0 Å². The van der Waals surface area contributed by atoms with Gasteiger partial charge in [-0.2, -0.15) is 5.10 Å². The van der Waals surface area contributed by atoms with E-state index in [9.17, 15) is 0 Å². The Hall–Kier alpha value is -1.62. The second-order valence-electron chi connectivity index (χ2n) is 4.12. The van der Waals surface area contributed by atoms with Crippen LogP contribution in [-0.4, -0.2) is 14.8 Å². The van der Waals surface area contributed by atoms with Gasteiger partial charge < -0.3 is 0 Å². The fraction of sp³-hybridized carbons (Fsp3) is 0. The highest BCUT2D eigenvalue weighted by Gasteiger charge is 2.14. The predicted molar refractivity (Wildman–Crippen MR) is 84.2 cm³/mol. The van der Waals surface area contributed by atoms with Gasteiger partial charge in [0.1, 0.15) is 0 Å². The molecule has 1 N–H and O–H groups in total. The molecule has 0 aliphatic heterocycles. The number of aromatic nitrogens is 3. The lowest BCUT2D eigenvalue weighted by molar-refractivity contribution is 1.04. The summed E-state index contributed by atoms with van der Waals surface area (Å²) in [6, 6.07) is 14.9. The summed E-state index contributed by atoms with van der Waals surface area (Å²) in [6.07, 6.45) is 0. The Morgan fingerprint density at radius 1 is 0.950 bits per heavy atom. The van der Waals surface area contributed by atoms with Gasteiger partial charge in [0.05, 0.1) is 15.7 Å². The highest BCUT2D eigenvalue weighted by Crippen LogP contribution is 2.30. The largest absolute Gasteiger partial charge is 0.267 e. The molecule has 100 valence electrons. The van der Waals surface area contributed by atoms with Crippen LogP contribution in [0.5, 0.6) is 0 Å². The van der Waals surface area contributed by atoms with Gasteiger partial charge >= 0.3 is 0 Å². The molecule has 0 aliphatic rings. The van der Waals surface area contributed by atoms with Crippen molar-refractivity contribution in [1.82, 2.24) is 14.8 Å². The van der Waals surface area contributed by atoms with E-state index in [1.807, 2.05) is 48.5 Å². The molecular formula is C14H9Cl2N3S. The number of nitrogens with zero attached hydrogens (tertiary/aromatic N) is 2. The third kappa shape index (κ3) is 2.26. The fourth-order valence-corrected chi connectivity index (χ4v) is 2.65. The molecule has 3 aromatic rings. The van der Waals surface area contributed by atoms with Crippen molar-refractivity contribution < 1.29 is 0 Å². The minimum Gasteiger partial charge on any atom is -0.267 e. The van der Waals surface area contributed by atoms with Crippen LogP contribution in [0.4, 0.5) is 0 Å². The van der Waals surface area contributed by atoms with Crippen LogP contribution in [0.25, 0.3) is 17.1 Å². The van der Waals surface area contributed by atoms with E-state index in [4.69, 9.17) is 35.4 Å². The molecule has 3 rings (SSSR count). The molecule has 0 unspecified atom stereocenters. The van der Waals surface area contributed by atoms with E-state index in [0.717, 1.165) is 11.3 Å². The predicted octanol–water partition coefficient (Wildman–Crippen LogP) is 4.90. The van der Waals surface area contributed by atoms with Gasteiger partial charge in [-0.15, -0.1) is 0 Å². The maximum atomic E-state index is 6.25. The Morgan fingerprint density at radius 2 is 1.60 bits per heavy atom. The van der Waals surface area contributed by atoms with Gasteiger partial charge in [0.2, 0.25) is 0 Å². The first-order chi connectivity index (χ1) is 9.68. The molecule has 3 nitrogen and oxygen atoms in total. The summed E-state index contributed by atoms with van der Waals surface area (Å²) in [7, 11) is 0. The van der Waals surface area contributed by atoms with Crippen LogP contribution in [-0.2, 0) is 0 Å². The molecule has 0 saturated carbocycles. The van der Waals surface area contributed by atoms with Gasteiger partial charge in [0, 0.05) is 5.56 Å². The zero-order valence-electron chi connectivity index (χ0n) is 10.2. The zero-order chi connectivity index (χ0) is 14.1. The molecule has 0 spiro atoms. The molecule has 1 heterocycles. The van der Waals surface area contributed by atoms with Crippen molar-refractivity contribution in [1.29, 1.82) is 0 Å². The number of hydrogen-bond donors (Lipinski definition) is 1. The summed E-state index contributed by atoms with van der Waals surface area (Å²) in [5.74, 6) is 0.633. The maximum Gasteiger partial charge on any atom is 0.200 e. The zero-order valence-corrected chi connectivity index (χ0v) is 12.5. The Kier molecular flexibility index (Phi) is 3.61. The number of H-pyrrole nitrogens is 1. The summed E-state index contributed by atoms with van der Waals surface area (Å²) in [6.45, 7) is 0. The number of aromatic amines is 1. The number of rotatable bonds is 2. The van der Waals surface area contributed by atoms with Crippen molar-refractivity contribution in [3.05, 3.63) is 63.3 Å². The van der Waals surface area contributed by atoms with Crippen LogP contribution in [0.3, 0.4) is 0 Å². The summed E-state index contributed by atoms with van der Waals surface area (Å²) in [5.41, 5.74) is 1.56. The average molecular weight is 322 g/mol. The molecule has 0 saturated heterocycles. The second-order valence-corrected chi connectivity index (χ2v) is 5.32. The summed E-state index contributed by atoms with van der Waals surface area (Å²) < 4.78 is 2.24. The van der Waals surface area contributed by atoms with Crippen LogP contribution in [0.1, 0.15) is 0 Å². The molecule has 0 aliphatic carbocycles. The SMILES string of the molecule is S=c1[nH]nc(-c2ccccc2Cl)n1-c1ccccc1Cl. The van der Waals surface area contributed by atoms with Crippen molar-refractivity contribution >= 4 is 35.4 Å². The minimum absolute atomic E-state index is 0.466. The number of nitrogens with one attached hydrogen (secondary N) is 1. The van der Waals surface area contributed by atoms with Gasteiger partial charge in [-0.05, 0) is 36.5 Å². The Bertz CT molecular complexity index is 823. The quantitative estimate of drug-likeness (QED) is 0.681. The molecule has 0 atom stereocenters. The Morgan fingerprint density at radius 3 is 2.30 bits per heavy atom. The van der Waals surface area contributed by atoms with Gasteiger partial charge in [-0.3, -0.25) is 9.67 Å². The normalized spacial score (nSPS) is 10.7. The van der Waals surface area contributed by atoms with Crippen LogP contribution >= 0.6 is 35.4 Å². The van der Waals surface area contributed by atoms with Crippen LogP contribution in [0, 0.1) is 4.77 Å². The second kappa shape index (κ2) is 5.40. The number of benzene rings is 2. The highest BCUT2D eigenvalue weighted by atomic mass is 35.5. The summed E-state index contributed by atoms with van der Waals surface area (Å²) in [4.78, 5) is 0. The average Bonchev–Trinajstić information content (AvgIpc) is 2.82. The van der Waals surface area contributed by atoms with E-state index in [1.165, 1.54) is 0 Å². The van der Waals surface area contributed by atoms with Gasteiger partial charge in [-0.1, -0.05) is 47.5 Å². The summed E-state index contributed by atoms with van der Waals surface area (Å²) in [5, 5.41) is 8.26. The van der Waals surface area contributed by atoms with Gasteiger partial charge in [0.15, 0.2) is 10.6 Å². The number of para-hydroxylation sites is 1. The lowest BCUT2D eigenvalue weighted by Gasteiger charge is -2.09. The molecule has 6 heteroatoms. The first-order valence-corrected chi connectivity index (χ1v) is 7.02. The topological polar surface area (TPSA) is 33.6 Å². The lowest BCUT2D eigenvalue weighted by Crippen LogP contribution is -1.98. The Balaban J connectivity index is 2.29. The summed E-state index contributed by atoms with van der Waals surface area (Å²) >= 11 is 17.8. The van der Waals surface area contributed by atoms with Gasteiger partial charge in [-0.25, -0.2) is 0 Å². The van der Waals surface area contributed by atoms with E-state index in [2.05, 4.69) is 10.2 Å². The van der Waals surface area contributed by atoms with Crippen molar-refractivity contribution in [2.45, 2.75) is 0 Å². The smallest absolute Gasteiger partial charge is 0.200 e. The van der Waals surface area contributed by atoms with Crippen LogP contribution < -0.4 is 0 Å². The fourth-order valence-electron chi connectivity index (χ4n) is 1.98. The van der Waals surface area contributed by atoms with E-state index >= 15 is 0 Å². The van der Waals surface area contributed by atoms with E-state index in [-0.39, 0.29) is 0 Å². The monoisotopic (exact) mass is 321 g/mol. The van der Waals surface area contributed by atoms with Crippen molar-refractivity contribution in [3.8, 4) is 17.1 Å². The molecule has 0 radical (unpaired) electrons. The highest BCUT2D eigenvalue weighted by molar-refractivity contribution is 7.71. The van der Waals surface area contributed by atoms with Crippen molar-refractivity contribution in [3.63, 3.8) is 0 Å². The third-order valence-corrected chi connectivity index (χ3v) is 3.80. The molecule has 2 aromatic carbocycles. The molecule has 0 bridgehead atoms. The standard InChI is InChI=1S/C14H9Cl2N3S/c15-10-6-2-1-5-9(10)13-17-18-14(20)19(13)12-8-4-3-7-11(12)16/h1-8H,(H,18,20). The molecule has 1 aromatic heterocycles. The molecule has 20 heavy (non-hydrogen) atoms. The molecule has 0 fully saturated rings. The van der Waals surface area contributed by atoms with Crippen LogP contribution in [0.2, 0.25) is 10.0 Å². The van der Waals surface area contributed by atoms with E-state index in [1.54, 1.807) is 4.57 Å². The van der Waals surface area contributed by atoms with Gasteiger partial charge in [0.25, 0.3) is 0 Å². The van der Waals surface area contributed by atoms with Crippen LogP contribution in [0.15, 0.2) is 48.5 Å². The number of hydrogen-bond acceptors (Lipinski definition) is 2. The van der Waals surface area contributed by atoms with E-state index in [0.29, 0.717) is 20.6 Å². The van der Waals surface area contributed by atoms with Crippen molar-refractivity contribution in [2.24, 2.45) is 0 Å². The molecule has 0 amide bonds. The molecular weight excluding hydrogens is 313 g/mol. The lowest BCUT2D eigenvalue weighted by atomic mass is 10.2. The van der Waals surface area contributed by atoms with Crippen molar-refractivity contribution in [2.75, 3.05) is 0 Å². The number of halogens is 2. The first kappa shape index (κ1) is 13.4. The first-order valence-electron chi connectivity index (χ1n) is 5.85.